The lowest BCUT2D eigenvalue weighted by Gasteiger charge is -2.49. The molecule has 2 saturated heterocycles. The molecular formula is C18H19FN4O. The van der Waals surface area contributed by atoms with Gasteiger partial charge in [0, 0.05) is 37.8 Å². The van der Waals surface area contributed by atoms with Crippen molar-refractivity contribution in [1.82, 2.24) is 14.9 Å². The Bertz CT molecular complexity index is 726. The van der Waals surface area contributed by atoms with Crippen molar-refractivity contribution in [3.63, 3.8) is 0 Å². The molecule has 0 amide bonds. The summed E-state index contributed by atoms with van der Waals surface area (Å²) in [5, 5.41) is 0. The zero-order valence-corrected chi connectivity index (χ0v) is 13.4. The van der Waals surface area contributed by atoms with E-state index in [1.54, 1.807) is 24.5 Å². The molecule has 4 heterocycles. The molecule has 0 aromatic carbocycles. The van der Waals surface area contributed by atoms with E-state index in [9.17, 15) is 9.18 Å². The van der Waals surface area contributed by atoms with Gasteiger partial charge in [-0.1, -0.05) is 6.07 Å². The Kier molecular flexibility index (Phi) is 3.76. The van der Waals surface area contributed by atoms with Crippen LogP contribution in [0, 0.1) is 11.4 Å². The second-order valence-corrected chi connectivity index (χ2v) is 6.87. The van der Waals surface area contributed by atoms with Gasteiger partial charge in [-0.2, -0.15) is 4.39 Å². The maximum Gasteiger partial charge on any atom is 0.212 e. The predicted molar refractivity (Wildman–Crippen MR) is 88.4 cm³/mol. The normalized spacial score (nSPS) is 19.5. The van der Waals surface area contributed by atoms with Crippen LogP contribution in [-0.4, -0.2) is 47.3 Å². The molecular weight excluding hydrogens is 307 g/mol. The van der Waals surface area contributed by atoms with E-state index >= 15 is 0 Å². The molecule has 2 aromatic rings. The molecule has 0 radical (unpaired) electrons. The first-order valence-electron chi connectivity index (χ1n) is 8.15. The minimum absolute atomic E-state index is 0.338. The first-order valence-corrected chi connectivity index (χ1v) is 8.15. The number of aldehydes is 1. The van der Waals surface area contributed by atoms with Crippen LogP contribution in [0.2, 0.25) is 0 Å². The number of rotatable bonds is 4. The van der Waals surface area contributed by atoms with Crippen LogP contribution in [0.3, 0.4) is 0 Å². The van der Waals surface area contributed by atoms with Crippen molar-refractivity contribution < 1.29 is 9.18 Å². The number of hydrogen-bond acceptors (Lipinski definition) is 5. The van der Waals surface area contributed by atoms with Crippen molar-refractivity contribution in [2.24, 2.45) is 5.41 Å². The van der Waals surface area contributed by atoms with Gasteiger partial charge in [0.1, 0.15) is 5.69 Å². The van der Waals surface area contributed by atoms with E-state index in [4.69, 9.17) is 0 Å². The molecule has 0 atom stereocenters. The van der Waals surface area contributed by atoms with Crippen LogP contribution in [0.25, 0.3) is 0 Å². The minimum Gasteiger partial charge on any atom is -0.369 e. The molecule has 0 aliphatic carbocycles. The number of anilines is 1. The summed E-state index contributed by atoms with van der Waals surface area (Å²) in [6, 6.07) is 6.94. The number of carbonyl (C=O) groups excluding carboxylic acids is 1. The van der Waals surface area contributed by atoms with Gasteiger partial charge in [0.05, 0.1) is 11.9 Å². The van der Waals surface area contributed by atoms with Gasteiger partial charge >= 0.3 is 0 Å². The molecule has 24 heavy (non-hydrogen) atoms. The summed E-state index contributed by atoms with van der Waals surface area (Å²) < 4.78 is 12.9. The summed E-state index contributed by atoms with van der Waals surface area (Å²) in [5.41, 5.74) is 2.94. The Morgan fingerprint density at radius 2 is 2.00 bits per heavy atom. The summed E-state index contributed by atoms with van der Waals surface area (Å²) >= 11 is 0. The van der Waals surface area contributed by atoms with Gasteiger partial charge in [0.15, 0.2) is 6.29 Å². The fourth-order valence-electron chi connectivity index (χ4n) is 3.78. The lowest BCUT2D eigenvalue weighted by molar-refractivity contribution is 0.111. The SMILES string of the molecule is O=Cc1ccc(CN2CCC3(C2)CN(c2ccc(F)nc2)C3)cn1. The van der Waals surface area contributed by atoms with Gasteiger partial charge in [-0.05, 0) is 36.7 Å². The molecule has 4 rings (SSSR count). The van der Waals surface area contributed by atoms with E-state index in [-0.39, 0.29) is 0 Å². The van der Waals surface area contributed by atoms with Crippen LogP contribution in [0.15, 0.2) is 36.7 Å². The van der Waals surface area contributed by atoms with E-state index in [1.165, 1.54) is 12.5 Å². The minimum atomic E-state index is -0.435. The molecule has 6 heteroatoms. The molecule has 2 aliphatic heterocycles. The van der Waals surface area contributed by atoms with E-state index in [0.717, 1.165) is 50.3 Å². The van der Waals surface area contributed by atoms with Crippen LogP contribution >= 0.6 is 0 Å². The van der Waals surface area contributed by atoms with Crippen molar-refractivity contribution in [2.45, 2.75) is 13.0 Å². The first-order chi connectivity index (χ1) is 11.7. The van der Waals surface area contributed by atoms with E-state index in [0.29, 0.717) is 11.1 Å². The van der Waals surface area contributed by atoms with Gasteiger partial charge in [-0.15, -0.1) is 0 Å². The summed E-state index contributed by atoms with van der Waals surface area (Å²) in [7, 11) is 0. The molecule has 0 unspecified atom stereocenters. The summed E-state index contributed by atoms with van der Waals surface area (Å²) in [6.45, 7) is 5.00. The largest absolute Gasteiger partial charge is 0.369 e. The Hall–Kier alpha value is -2.34. The van der Waals surface area contributed by atoms with Gasteiger partial charge in [0.2, 0.25) is 5.95 Å². The zero-order valence-electron chi connectivity index (χ0n) is 13.4. The number of nitrogens with zero attached hydrogens (tertiary/aromatic N) is 4. The average Bonchev–Trinajstić information content (AvgIpc) is 2.99. The second-order valence-electron chi connectivity index (χ2n) is 6.87. The number of carbonyl (C=O) groups is 1. The second kappa shape index (κ2) is 5.94. The number of likely N-dealkylation sites (tertiary alicyclic amines) is 1. The highest BCUT2D eigenvalue weighted by atomic mass is 19.1. The fraction of sp³-hybridized carbons (Fsp3) is 0.389. The van der Waals surface area contributed by atoms with Gasteiger partial charge in [0.25, 0.3) is 0 Å². The van der Waals surface area contributed by atoms with Crippen molar-refractivity contribution in [2.75, 3.05) is 31.1 Å². The molecule has 0 bridgehead atoms. The molecule has 2 aliphatic rings. The molecule has 0 N–H and O–H groups in total. The van der Waals surface area contributed by atoms with Crippen molar-refractivity contribution in [3.8, 4) is 0 Å². The Balaban J connectivity index is 1.33. The maximum atomic E-state index is 12.9. The number of aromatic nitrogens is 2. The molecule has 2 aromatic heterocycles. The van der Waals surface area contributed by atoms with Gasteiger partial charge < -0.3 is 4.90 Å². The average molecular weight is 326 g/mol. The number of halogens is 1. The highest BCUT2D eigenvalue weighted by molar-refractivity contribution is 5.71. The lowest BCUT2D eigenvalue weighted by Crippen LogP contribution is -2.57. The Morgan fingerprint density at radius 1 is 1.12 bits per heavy atom. The quantitative estimate of drug-likeness (QED) is 0.636. The third-order valence-corrected chi connectivity index (χ3v) is 5.02. The van der Waals surface area contributed by atoms with Crippen molar-refractivity contribution in [3.05, 3.63) is 53.9 Å². The third-order valence-electron chi connectivity index (χ3n) is 5.02. The molecule has 124 valence electrons. The van der Waals surface area contributed by atoms with Crippen molar-refractivity contribution >= 4 is 12.0 Å². The van der Waals surface area contributed by atoms with Crippen molar-refractivity contribution in [1.29, 1.82) is 0 Å². The maximum absolute atomic E-state index is 12.9. The van der Waals surface area contributed by atoms with E-state index < -0.39 is 5.95 Å². The molecule has 2 fully saturated rings. The standard InChI is InChI=1S/C18H19FN4O/c19-17-4-3-16(8-21-17)23-12-18(13-23)5-6-22(11-18)9-14-1-2-15(10-24)20-7-14/h1-4,7-8,10H,5-6,9,11-13H2. The number of pyridine rings is 2. The van der Waals surface area contributed by atoms with E-state index in [2.05, 4.69) is 19.8 Å². The lowest BCUT2D eigenvalue weighted by atomic mass is 9.79. The van der Waals surface area contributed by atoms with E-state index in [1.807, 2.05) is 6.07 Å². The van der Waals surface area contributed by atoms with Crippen LogP contribution in [0.1, 0.15) is 22.5 Å². The summed E-state index contributed by atoms with van der Waals surface area (Å²) in [4.78, 5) is 23.2. The molecule has 0 saturated carbocycles. The highest BCUT2D eigenvalue weighted by Gasteiger charge is 2.47. The molecule has 1 spiro atoms. The zero-order chi connectivity index (χ0) is 16.6. The summed E-state index contributed by atoms with van der Waals surface area (Å²) in [6.07, 6.45) is 5.33. The van der Waals surface area contributed by atoms with Crippen LogP contribution in [-0.2, 0) is 6.54 Å². The Morgan fingerprint density at radius 3 is 2.67 bits per heavy atom. The smallest absolute Gasteiger partial charge is 0.212 e. The van der Waals surface area contributed by atoms with Gasteiger partial charge in [-0.25, -0.2) is 4.98 Å². The topological polar surface area (TPSA) is 49.3 Å². The third kappa shape index (κ3) is 2.89. The van der Waals surface area contributed by atoms with Crippen LogP contribution < -0.4 is 4.90 Å². The Labute approximate surface area is 140 Å². The monoisotopic (exact) mass is 326 g/mol. The summed E-state index contributed by atoms with van der Waals surface area (Å²) in [5.74, 6) is -0.435. The highest BCUT2D eigenvalue weighted by Crippen LogP contribution is 2.41. The van der Waals surface area contributed by atoms with Crippen LogP contribution in [0.5, 0.6) is 0 Å². The molecule has 5 nitrogen and oxygen atoms in total. The first kappa shape index (κ1) is 15.2. The van der Waals surface area contributed by atoms with Crippen LogP contribution in [0.4, 0.5) is 10.1 Å². The van der Waals surface area contributed by atoms with Gasteiger partial charge in [-0.3, -0.25) is 14.7 Å². The fourth-order valence-corrected chi connectivity index (χ4v) is 3.78. The predicted octanol–water partition coefficient (Wildman–Crippen LogP) is 2.14. The number of hydrogen-bond donors (Lipinski definition) is 0.